The summed E-state index contributed by atoms with van der Waals surface area (Å²) in [5, 5.41) is 2.94. The lowest BCUT2D eigenvalue weighted by molar-refractivity contribution is 0.0936. The number of ether oxygens (including phenoxy) is 1. The van der Waals surface area contributed by atoms with E-state index >= 15 is 0 Å². The molecule has 2 aliphatic rings. The summed E-state index contributed by atoms with van der Waals surface area (Å²) in [6, 6.07) is 6.60. The Kier molecular flexibility index (Phi) is 6.31. The minimum atomic E-state index is -0.251. The zero-order valence-corrected chi connectivity index (χ0v) is 16.4. The minimum Gasteiger partial charge on any atom is -0.378 e. The third-order valence-corrected chi connectivity index (χ3v) is 5.50. The van der Waals surface area contributed by atoms with Gasteiger partial charge in [0.15, 0.2) is 0 Å². The fraction of sp³-hybridized carbons (Fsp3) is 0.476. The van der Waals surface area contributed by atoms with Crippen molar-refractivity contribution < 1.29 is 13.9 Å². The number of benzene rings is 1. The Bertz CT molecular complexity index is 820. The van der Waals surface area contributed by atoms with Crippen molar-refractivity contribution in [3.8, 4) is 0 Å². The summed E-state index contributed by atoms with van der Waals surface area (Å²) in [7, 11) is 0. The van der Waals surface area contributed by atoms with Gasteiger partial charge in [-0.25, -0.2) is 14.4 Å². The molecule has 1 atom stereocenters. The molecule has 1 N–H and O–H groups in total. The standard InChI is InChI=1S/C21H26FN5O2/c22-18-6-2-1-5-17(18)19(26-7-3-4-8-26)15-23-20(28)16-13-24-21(25-14-16)27-9-11-29-12-10-27/h1-2,5-6,13-14,19H,3-4,7-12,15H2,(H,23,28)/t19-/m1/s1. The molecule has 7 nitrogen and oxygen atoms in total. The molecular formula is C21H26FN5O2. The Morgan fingerprint density at radius 3 is 2.48 bits per heavy atom. The number of nitrogens with one attached hydrogen (secondary N) is 1. The van der Waals surface area contributed by atoms with Crippen LogP contribution in [0.25, 0.3) is 0 Å². The van der Waals surface area contributed by atoms with Crippen molar-refractivity contribution >= 4 is 11.9 Å². The molecule has 2 saturated heterocycles. The largest absolute Gasteiger partial charge is 0.378 e. The molecule has 154 valence electrons. The zero-order valence-electron chi connectivity index (χ0n) is 16.4. The highest BCUT2D eigenvalue weighted by Crippen LogP contribution is 2.26. The first-order chi connectivity index (χ1) is 14.2. The fourth-order valence-electron chi connectivity index (χ4n) is 3.89. The number of carbonyl (C=O) groups excluding carboxylic acids is 1. The predicted octanol–water partition coefficient (Wildman–Crippen LogP) is 2.02. The molecule has 2 aromatic rings. The van der Waals surface area contributed by atoms with E-state index in [4.69, 9.17) is 4.74 Å². The van der Waals surface area contributed by atoms with E-state index in [2.05, 4.69) is 20.2 Å². The van der Waals surface area contributed by atoms with E-state index in [9.17, 15) is 9.18 Å². The van der Waals surface area contributed by atoms with Crippen LogP contribution in [0, 0.1) is 5.82 Å². The molecule has 0 saturated carbocycles. The summed E-state index contributed by atoms with van der Waals surface area (Å²) >= 11 is 0. The van der Waals surface area contributed by atoms with Gasteiger partial charge in [-0.3, -0.25) is 9.69 Å². The number of aromatic nitrogens is 2. The summed E-state index contributed by atoms with van der Waals surface area (Å²) in [4.78, 5) is 25.6. The molecule has 1 aromatic heterocycles. The number of rotatable bonds is 6. The Morgan fingerprint density at radius 2 is 1.79 bits per heavy atom. The van der Waals surface area contributed by atoms with Gasteiger partial charge in [-0.1, -0.05) is 18.2 Å². The quantitative estimate of drug-likeness (QED) is 0.802. The number of morpholine rings is 1. The van der Waals surface area contributed by atoms with E-state index in [0.717, 1.165) is 39.0 Å². The Balaban J connectivity index is 1.41. The molecule has 0 unspecified atom stereocenters. The van der Waals surface area contributed by atoms with Crippen LogP contribution < -0.4 is 10.2 Å². The van der Waals surface area contributed by atoms with Crippen LogP contribution in [0.4, 0.5) is 10.3 Å². The Morgan fingerprint density at radius 1 is 1.10 bits per heavy atom. The molecule has 0 bridgehead atoms. The first kappa shape index (κ1) is 19.7. The highest BCUT2D eigenvalue weighted by molar-refractivity contribution is 5.93. The number of hydrogen-bond acceptors (Lipinski definition) is 6. The lowest BCUT2D eigenvalue weighted by Crippen LogP contribution is -2.38. The Labute approximate surface area is 169 Å². The molecule has 2 aliphatic heterocycles. The summed E-state index contributed by atoms with van der Waals surface area (Å²) in [5.41, 5.74) is 1.02. The van der Waals surface area contributed by atoms with E-state index < -0.39 is 0 Å². The number of hydrogen-bond donors (Lipinski definition) is 1. The average molecular weight is 399 g/mol. The lowest BCUT2D eigenvalue weighted by Gasteiger charge is -2.28. The van der Waals surface area contributed by atoms with Gasteiger partial charge < -0.3 is 15.0 Å². The first-order valence-corrected chi connectivity index (χ1v) is 10.1. The van der Waals surface area contributed by atoms with Crippen LogP contribution in [0.2, 0.25) is 0 Å². The van der Waals surface area contributed by atoms with Crippen molar-refractivity contribution in [1.29, 1.82) is 0 Å². The molecule has 0 spiro atoms. The molecule has 2 fully saturated rings. The summed E-state index contributed by atoms with van der Waals surface area (Å²) in [6.45, 7) is 4.94. The molecule has 3 heterocycles. The van der Waals surface area contributed by atoms with Gasteiger partial charge in [-0.15, -0.1) is 0 Å². The minimum absolute atomic E-state index is 0.184. The third-order valence-electron chi connectivity index (χ3n) is 5.50. The molecule has 1 aromatic carbocycles. The van der Waals surface area contributed by atoms with Gasteiger partial charge in [0.1, 0.15) is 5.82 Å². The van der Waals surface area contributed by atoms with Gasteiger partial charge >= 0.3 is 0 Å². The molecule has 29 heavy (non-hydrogen) atoms. The van der Waals surface area contributed by atoms with Crippen LogP contribution >= 0.6 is 0 Å². The van der Waals surface area contributed by atoms with Crippen molar-refractivity contribution in [3.63, 3.8) is 0 Å². The third kappa shape index (κ3) is 4.71. The van der Waals surface area contributed by atoms with Gasteiger partial charge in [0.05, 0.1) is 24.8 Å². The van der Waals surface area contributed by atoms with Gasteiger partial charge in [-0.2, -0.15) is 0 Å². The van der Waals surface area contributed by atoms with Crippen LogP contribution in [0.3, 0.4) is 0 Å². The number of carbonyl (C=O) groups is 1. The van der Waals surface area contributed by atoms with Crippen molar-refractivity contribution in [2.45, 2.75) is 18.9 Å². The van der Waals surface area contributed by atoms with Gasteiger partial charge in [0.2, 0.25) is 5.95 Å². The second-order valence-corrected chi connectivity index (χ2v) is 7.36. The lowest BCUT2D eigenvalue weighted by atomic mass is 10.0. The average Bonchev–Trinajstić information content (AvgIpc) is 3.30. The summed E-state index contributed by atoms with van der Waals surface area (Å²) in [5.74, 6) is 0.113. The number of amides is 1. The zero-order chi connectivity index (χ0) is 20.1. The van der Waals surface area contributed by atoms with Crippen molar-refractivity contribution in [2.75, 3.05) is 50.8 Å². The van der Waals surface area contributed by atoms with Crippen LogP contribution in [0.15, 0.2) is 36.7 Å². The summed E-state index contributed by atoms with van der Waals surface area (Å²) < 4.78 is 19.7. The van der Waals surface area contributed by atoms with Crippen molar-refractivity contribution in [3.05, 3.63) is 53.6 Å². The molecular weight excluding hydrogens is 373 g/mol. The van der Waals surface area contributed by atoms with E-state index in [1.807, 2.05) is 11.0 Å². The maximum Gasteiger partial charge on any atom is 0.254 e. The fourth-order valence-corrected chi connectivity index (χ4v) is 3.89. The van der Waals surface area contributed by atoms with E-state index in [-0.39, 0.29) is 17.8 Å². The van der Waals surface area contributed by atoms with Crippen molar-refractivity contribution in [2.24, 2.45) is 0 Å². The Hall–Kier alpha value is -2.58. The second-order valence-electron chi connectivity index (χ2n) is 7.36. The highest BCUT2D eigenvalue weighted by atomic mass is 19.1. The topological polar surface area (TPSA) is 70.6 Å². The monoisotopic (exact) mass is 399 g/mol. The first-order valence-electron chi connectivity index (χ1n) is 10.1. The molecule has 0 aliphatic carbocycles. The maximum atomic E-state index is 14.4. The molecule has 8 heteroatoms. The van der Waals surface area contributed by atoms with Crippen LogP contribution in [0.5, 0.6) is 0 Å². The SMILES string of the molecule is O=C(NC[C@H](c1ccccc1F)N1CCCC1)c1cnc(N2CCOCC2)nc1. The smallest absolute Gasteiger partial charge is 0.254 e. The van der Waals surface area contributed by atoms with Gasteiger partial charge in [-0.05, 0) is 32.0 Å². The van der Waals surface area contributed by atoms with Crippen LogP contribution in [-0.4, -0.2) is 66.7 Å². The van der Waals surface area contributed by atoms with Gasteiger partial charge in [0, 0.05) is 37.6 Å². The van der Waals surface area contributed by atoms with Gasteiger partial charge in [0.25, 0.3) is 5.91 Å². The van der Waals surface area contributed by atoms with E-state index in [1.54, 1.807) is 24.5 Å². The van der Waals surface area contributed by atoms with E-state index in [1.165, 1.54) is 6.07 Å². The van der Waals surface area contributed by atoms with Crippen LogP contribution in [0.1, 0.15) is 34.8 Å². The van der Waals surface area contributed by atoms with E-state index in [0.29, 0.717) is 36.8 Å². The highest BCUT2D eigenvalue weighted by Gasteiger charge is 2.26. The normalized spacial score (nSPS) is 18.6. The molecule has 0 radical (unpaired) electrons. The number of halogens is 1. The molecule has 4 rings (SSSR count). The number of nitrogens with zero attached hydrogens (tertiary/aromatic N) is 4. The maximum absolute atomic E-state index is 14.4. The van der Waals surface area contributed by atoms with Crippen LogP contribution in [-0.2, 0) is 4.74 Å². The van der Waals surface area contributed by atoms with Crippen molar-refractivity contribution in [1.82, 2.24) is 20.2 Å². The second kappa shape index (κ2) is 9.28. The summed E-state index contributed by atoms with van der Waals surface area (Å²) in [6.07, 6.45) is 5.27. The number of anilines is 1. The predicted molar refractivity (Wildman–Crippen MR) is 107 cm³/mol. The molecule has 1 amide bonds. The number of likely N-dealkylation sites (tertiary alicyclic amines) is 1.